The van der Waals surface area contributed by atoms with Crippen molar-refractivity contribution in [1.82, 2.24) is 5.32 Å². The fourth-order valence-corrected chi connectivity index (χ4v) is 1.96. The van der Waals surface area contributed by atoms with Crippen molar-refractivity contribution in [3.8, 4) is 11.5 Å². The van der Waals surface area contributed by atoms with Crippen molar-refractivity contribution in [3.63, 3.8) is 0 Å². The summed E-state index contributed by atoms with van der Waals surface area (Å²) in [6.45, 7) is 2.32. The zero-order valence-electron chi connectivity index (χ0n) is 9.60. The molecular formula is C12H16ClNO3. The van der Waals surface area contributed by atoms with E-state index in [0.717, 1.165) is 24.9 Å². The van der Waals surface area contributed by atoms with Crippen molar-refractivity contribution < 1.29 is 14.6 Å². The predicted octanol–water partition coefficient (Wildman–Crippen LogP) is 2.16. The second-order valence-corrected chi connectivity index (χ2v) is 3.97. The molecule has 1 aromatic rings. The first-order chi connectivity index (χ1) is 7.66. The molecule has 0 aromatic heterocycles. The minimum atomic E-state index is -0.429. The SMILES string of the molecule is CC(=O)Oc1ccc([C@@H]2CCCN2)cc1O.Cl. The lowest BCUT2D eigenvalue weighted by Crippen LogP contribution is -2.12. The monoisotopic (exact) mass is 257 g/mol. The van der Waals surface area contributed by atoms with Gasteiger partial charge in [-0.2, -0.15) is 0 Å². The fraction of sp³-hybridized carbons (Fsp3) is 0.417. The van der Waals surface area contributed by atoms with Crippen molar-refractivity contribution >= 4 is 18.4 Å². The Balaban J connectivity index is 0.00000144. The summed E-state index contributed by atoms with van der Waals surface area (Å²) < 4.78 is 4.85. The van der Waals surface area contributed by atoms with Gasteiger partial charge in [-0.3, -0.25) is 4.79 Å². The second-order valence-electron chi connectivity index (χ2n) is 3.97. The van der Waals surface area contributed by atoms with Gasteiger partial charge >= 0.3 is 5.97 Å². The van der Waals surface area contributed by atoms with Gasteiger partial charge in [-0.25, -0.2) is 0 Å². The number of phenolic OH excluding ortho intramolecular Hbond substituents is 1. The highest BCUT2D eigenvalue weighted by Crippen LogP contribution is 2.31. The van der Waals surface area contributed by atoms with E-state index in [9.17, 15) is 9.90 Å². The number of aromatic hydroxyl groups is 1. The van der Waals surface area contributed by atoms with Crippen molar-refractivity contribution in [1.29, 1.82) is 0 Å². The number of phenols is 1. The maximum absolute atomic E-state index is 10.8. The van der Waals surface area contributed by atoms with Gasteiger partial charge in [-0.05, 0) is 37.1 Å². The van der Waals surface area contributed by atoms with Crippen molar-refractivity contribution in [2.45, 2.75) is 25.8 Å². The summed E-state index contributed by atoms with van der Waals surface area (Å²) in [5.74, 6) is -0.197. The second kappa shape index (κ2) is 5.89. The summed E-state index contributed by atoms with van der Waals surface area (Å²) in [5.41, 5.74) is 1.03. The Bertz CT molecular complexity index is 403. The van der Waals surface area contributed by atoms with Crippen LogP contribution in [0.4, 0.5) is 0 Å². The molecule has 0 amide bonds. The van der Waals surface area contributed by atoms with Gasteiger partial charge in [0.15, 0.2) is 11.5 Å². The van der Waals surface area contributed by atoms with Crippen LogP contribution in [-0.4, -0.2) is 17.6 Å². The van der Waals surface area contributed by atoms with E-state index < -0.39 is 5.97 Å². The Morgan fingerprint density at radius 1 is 1.53 bits per heavy atom. The molecule has 0 unspecified atom stereocenters. The molecule has 2 rings (SSSR count). The smallest absolute Gasteiger partial charge is 0.308 e. The van der Waals surface area contributed by atoms with Crippen molar-refractivity contribution in [3.05, 3.63) is 23.8 Å². The zero-order valence-corrected chi connectivity index (χ0v) is 10.4. The van der Waals surface area contributed by atoms with Crippen LogP contribution in [0.5, 0.6) is 11.5 Å². The third-order valence-electron chi connectivity index (χ3n) is 2.70. The van der Waals surface area contributed by atoms with Crippen LogP contribution in [0, 0.1) is 0 Å². The molecule has 0 radical (unpaired) electrons. The largest absolute Gasteiger partial charge is 0.504 e. The standard InChI is InChI=1S/C12H15NO3.ClH/c1-8(14)16-12-5-4-9(7-11(12)15)10-3-2-6-13-10;/h4-5,7,10,13,15H,2-3,6H2,1H3;1H/t10-;/m0./s1. The molecule has 1 atom stereocenters. The number of carbonyl (C=O) groups is 1. The summed E-state index contributed by atoms with van der Waals surface area (Å²) in [6.07, 6.45) is 2.23. The van der Waals surface area contributed by atoms with Crippen LogP contribution < -0.4 is 10.1 Å². The van der Waals surface area contributed by atoms with E-state index in [2.05, 4.69) is 5.32 Å². The highest BCUT2D eigenvalue weighted by atomic mass is 35.5. The molecular weight excluding hydrogens is 242 g/mol. The van der Waals surface area contributed by atoms with Crippen LogP contribution in [0.2, 0.25) is 0 Å². The van der Waals surface area contributed by atoms with Crippen molar-refractivity contribution in [2.24, 2.45) is 0 Å². The molecule has 0 spiro atoms. The summed E-state index contributed by atoms with van der Waals surface area (Å²) in [7, 11) is 0. The predicted molar refractivity (Wildman–Crippen MR) is 66.6 cm³/mol. The van der Waals surface area contributed by atoms with Crippen LogP contribution in [0.25, 0.3) is 0 Å². The van der Waals surface area contributed by atoms with Crippen LogP contribution in [0.3, 0.4) is 0 Å². The first-order valence-corrected chi connectivity index (χ1v) is 5.41. The van der Waals surface area contributed by atoms with Gasteiger partial charge in [0.2, 0.25) is 0 Å². The number of hydrogen-bond donors (Lipinski definition) is 2. The molecule has 0 bridgehead atoms. The van der Waals surface area contributed by atoms with Gasteiger partial charge in [-0.1, -0.05) is 6.07 Å². The molecule has 1 aromatic carbocycles. The van der Waals surface area contributed by atoms with E-state index >= 15 is 0 Å². The summed E-state index contributed by atoms with van der Waals surface area (Å²) in [4.78, 5) is 10.8. The number of carbonyl (C=O) groups excluding carboxylic acids is 1. The average molecular weight is 258 g/mol. The van der Waals surface area contributed by atoms with E-state index in [0.29, 0.717) is 6.04 Å². The lowest BCUT2D eigenvalue weighted by Gasteiger charge is -2.12. The van der Waals surface area contributed by atoms with E-state index in [1.807, 2.05) is 6.07 Å². The van der Waals surface area contributed by atoms with E-state index in [1.165, 1.54) is 6.92 Å². The van der Waals surface area contributed by atoms with Gasteiger partial charge in [-0.15, -0.1) is 12.4 Å². The number of ether oxygens (including phenoxy) is 1. The Kier molecular flexibility index (Phi) is 4.78. The van der Waals surface area contributed by atoms with Gasteiger partial charge in [0.1, 0.15) is 0 Å². The molecule has 1 saturated heterocycles. The Hall–Kier alpha value is -1.26. The Labute approximate surface area is 106 Å². The lowest BCUT2D eigenvalue weighted by atomic mass is 10.0. The number of esters is 1. The van der Waals surface area contributed by atoms with Crippen LogP contribution in [-0.2, 0) is 4.79 Å². The molecule has 1 heterocycles. The molecule has 2 N–H and O–H groups in total. The quantitative estimate of drug-likeness (QED) is 0.630. The average Bonchev–Trinajstić information content (AvgIpc) is 2.73. The fourth-order valence-electron chi connectivity index (χ4n) is 1.96. The summed E-state index contributed by atoms with van der Waals surface area (Å²) in [6, 6.07) is 5.46. The number of benzene rings is 1. The summed E-state index contributed by atoms with van der Waals surface area (Å²) in [5, 5.41) is 13.0. The number of halogens is 1. The van der Waals surface area contributed by atoms with E-state index in [1.54, 1.807) is 12.1 Å². The first kappa shape index (κ1) is 13.8. The van der Waals surface area contributed by atoms with Gasteiger partial charge in [0.05, 0.1) is 0 Å². The molecule has 0 saturated carbocycles. The third-order valence-corrected chi connectivity index (χ3v) is 2.70. The number of hydrogen-bond acceptors (Lipinski definition) is 4. The summed E-state index contributed by atoms with van der Waals surface area (Å²) >= 11 is 0. The van der Waals surface area contributed by atoms with E-state index in [4.69, 9.17) is 4.74 Å². The number of nitrogens with one attached hydrogen (secondary N) is 1. The van der Waals surface area contributed by atoms with Gasteiger partial charge < -0.3 is 15.2 Å². The van der Waals surface area contributed by atoms with Crippen LogP contribution in [0.1, 0.15) is 31.4 Å². The molecule has 5 heteroatoms. The molecule has 1 aliphatic heterocycles. The maximum atomic E-state index is 10.8. The normalized spacial score (nSPS) is 18.5. The lowest BCUT2D eigenvalue weighted by molar-refractivity contribution is -0.132. The molecule has 94 valence electrons. The van der Waals surface area contributed by atoms with Crippen molar-refractivity contribution in [2.75, 3.05) is 6.54 Å². The van der Waals surface area contributed by atoms with E-state index in [-0.39, 0.29) is 23.9 Å². The topological polar surface area (TPSA) is 58.6 Å². The minimum absolute atomic E-state index is 0. The molecule has 1 fully saturated rings. The maximum Gasteiger partial charge on any atom is 0.308 e. The first-order valence-electron chi connectivity index (χ1n) is 5.41. The van der Waals surface area contributed by atoms with Gasteiger partial charge in [0, 0.05) is 13.0 Å². The van der Waals surface area contributed by atoms with Crippen LogP contribution >= 0.6 is 12.4 Å². The third kappa shape index (κ3) is 3.35. The van der Waals surface area contributed by atoms with Crippen LogP contribution in [0.15, 0.2) is 18.2 Å². The van der Waals surface area contributed by atoms with Gasteiger partial charge in [0.25, 0.3) is 0 Å². The molecule has 1 aliphatic rings. The minimum Gasteiger partial charge on any atom is -0.504 e. The molecule has 4 nitrogen and oxygen atoms in total. The Morgan fingerprint density at radius 3 is 2.82 bits per heavy atom. The molecule has 17 heavy (non-hydrogen) atoms. The zero-order chi connectivity index (χ0) is 11.5. The highest BCUT2D eigenvalue weighted by molar-refractivity contribution is 5.85. The number of rotatable bonds is 2. The highest BCUT2D eigenvalue weighted by Gasteiger charge is 2.17. The molecule has 0 aliphatic carbocycles. The Morgan fingerprint density at radius 2 is 2.29 bits per heavy atom.